The molecule has 2 atom stereocenters. The van der Waals surface area contributed by atoms with E-state index >= 15 is 0 Å². The van der Waals surface area contributed by atoms with Gasteiger partial charge in [0.1, 0.15) is 0 Å². The van der Waals surface area contributed by atoms with Gasteiger partial charge in [0.25, 0.3) is 0 Å². The fourth-order valence-corrected chi connectivity index (χ4v) is 3.79. The lowest BCUT2D eigenvalue weighted by Crippen LogP contribution is -2.39. The molecule has 1 heterocycles. The highest BCUT2D eigenvalue weighted by Gasteiger charge is 2.30. The highest BCUT2D eigenvalue weighted by molar-refractivity contribution is 7.98. The SMILES string of the molecule is NCC(=O)N[C@H]1CN[C@H](C(=O)Nc2ccc(SCc3ccccc3)cc2)C1. The van der Waals surface area contributed by atoms with Gasteiger partial charge in [-0.15, -0.1) is 11.8 Å². The van der Waals surface area contributed by atoms with E-state index in [9.17, 15) is 9.59 Å². The lowest BCUT2D eigenvalue weighted by Gasteiger charge is -2.12. The van der Waals surface area contributed by atoms with Crippen LogP contribution in [-0.4, -0.2) is 37.0 Å². The summed E-state index contributed by atoms with van der Waals surface area (Å²) in [4.78, 5) is 24.9. The first-order valence-electron chi connectivity index (χ1n) is 8.94. The molecule has 1 aliphatic rings. The van der Waals surface area contributed by atoms with E-state index in [-0.39, 0.29) is 30.4 Å². The van der Waals surface area contributed by atoms with Crippen molar-refractivity contribution >= 4 is 29.3 Å². The Labute approximate surface area is 163 Å². The van der Waals surface area contributed by atoms with Gasteiger partial charge in [0.2, 0.25) is 11.8 Å². The maximum Gasteiger partial charge on any atom is 0.241 e. The number of carbonyl (C=O) groups excluding carboxylic acids is 2. The smallest absolute Gasteiger partial charge is 0.241 e. The first kappa shape index (κ1) is 19.4. The minimum absolute atomic E-state index is 0.0397. The number of hydrogen-bond donors (Lipinski definition) is 4. The third-order valence-electron chi connectivity index (χ3n) is 4.37. The number of hydrogen-bond acceptors (Lipinski definition) is 5. The van der Waals surface area contributed by atoms with Gasteiger partial charge in [-0.25, -0.2) is 0 Å². The third-order valence-corrected chi connectivity index (χ3v) is 5.45. The first-order chi connectivity index (χ1) is 13.1. The van der Waals surface area contributed by atoms with Crippen molar-refractivity contribution in [1.29, 1.82) is 0 Å². The molecule has 1 aliphatic heterocycles. The quantitative estimate of drug-likeness (QED) is 0.545. The predicted octanol–water partition coefficient (Wildman–Crippen LogP) is 1.72. The summed E-state index contributed by atoms with van der Waals surface area (Å²) in [6.07, 6.45) is 0.558. The molecule has 2 aromatic rings. The van der Waals surface area contributed by atoms with Crippen LogP contribution < -0.4 is 21.7 Å². The lowest BCUT2D eigenvalue weighted by atomic mass is 10.1. The zero-order valence-corrected chi connectivity index (χ0v) is 15.8. The minimum atomic E-state index is -0.319. The van der Waals surface area contributed by atoms with Crippen LogP contribution in [-0.2, 0) is 15.3 Å². The van der Waals surface area contributed by atoms with Crippen LogP contribution in [0.3, 0.4) is 0 Å². The standard InChI is InChI=1S/C20H24N4O2S/c21-11-19(25)23-16-10-18(22-12-16)20(26)24-15-6-8-17(9-7-15)27-13-14-4-2-1-3-5-14/h1-9,16,18,22H,10-13,21H2,(H,23,25)(H,24,26)/t16-,18+/m1/s1. The van der Waals surface area contributed by atoms with E-state index in [1.807, 2.05) is 42.5 Å². The Morgan fingerprint density at radius 1 is 1.11 bits per heavy atom. The Bertz CT molecular complexity index is 767. The fraction of sp³-hybridized carbons (Fsp3) is 0.300. The van der Waals surface area contributed by atoms with Crippen molar-refractivity contribution in [2.45, 2.75) is 29.2 Å². The van der Waals surface area contributed by atoms with Gasteiger partial charge in [-0.2, -0.15) is 0 Å². The van der Waals surface area contributed by atoms with Gasteiger partial charge in [0, 0.05) is 28.9 Å². The van der Waals surface area contributed by atoms with Crippen molar-refractivity contribution < 1.29 is 9.59 Å². The molecule has 5 N–H and O–H groups in total. The van der Waals surface area contributed by atoms with Crippen LogP contribution in [0, 0.1) is 0 Å². The molecule has 0 spiro atoms. The van der Waals surface area contributed by atoms with E-state index in [0.717, 1.165) is 16.3 Å². The molecule has 0 bridgehead atoms. The topological polar surface area (TPSA) is 96.2 Å². The molecule has 6 nitrogen and oxygen atoms in total. The van der Waals surface area contributed by atoms with E-state index in [1.54, 1.807) is 11.8 Å². The van der Waals surface area contributed by atoms with Crippen LogP contribution >= 0.6 is 11.8 Å². The molecule has 0 saturated carbocycles. The van der Waals surface area contributed by atoms with Gasteiger partial charge in [0.15, 0.2) is 0 Å². The molecule has 27 heavy (non-hydrogen) atoms. The largest absolute Gasteiger partial charge is 0.351 e. The minimum Gasteiger partial charge on any atom is -0.351 e. The number of benzene rings is 2. The number of amides is 2. The highest BCUT2D eigenvalue weighted by atomic mass is 32.2. The Morgan fingerprint density at radius 3 is 2.56 bits per heavy atom. The summed E-state index contributed by atoms with van der Waals surface area (Å²) in [6, 6.07) is 17.8. The summed E-state index contributed by atoms with van der Waals surface area (Å²) in [6.45, 7) is 0.529. The average Bonchev–Trinajstić information content (AvgIpc) is 3.17. The van der Waals surface area contributed by atoms with Gasteiger partial charge < -0.3 is 21.7 Å². The highest BCUT2D eigenvalue weighted by Crippen LogP contribution is 2.24. The van der Waals surface area contributed by atoms with Crippen LogP contribution in [0.2, 0.25) is 0 Å². The molecule has 3 rings (SSSR count). The Balaban J connectivity index is 1.46. The van der Waals surface area contributed by atoms with Gasteiger partial charge in [-0.3, -0.25) is 9.59 Å². The van der Waals surface area contributed by atoms with E-state index in [1.165, 1.54) is 5.56 Å². The number of nitrogens with two attached hydrogens (primary N) is 1. The van der Waals surface area contributed by atoms with Gasteiger partial charge in [-0.1, -0.05) is 30.3 Å². The molecule has 0 unspecified atom stereocenters. The predicted molar refractivity (Wildman–Crippen MR) is 108 cm³/mol. The molecule has 0 aliphatic carbocycles. The molecule has 1 saturated heterocycles. The monoisotopic (exact) mass is 384 g/mol. The average molecular weight is 385 g/mol. The first-order valence-corrected chi connectivity index (χ1v) is 9.93. The van der Waals surface area contributed by atoms with Crippen molar-refractivity contribution in [3.05, 3.63) is 60.2 Å². The Kier molecular flexibility index (Phi) is 6.86. The van der Waals surface area contributed by atoms with Crippen LogP contribution in [0.25, 0.3) is 0 Å². The number of rotatable bonds is 7. The van der Waals surface area contributed by atoms with Crippen LogP contribution in [0.1, 0.15) is 12.0 Å². The second-order valence-corrected chi connectivity index (χ2v) is 7.50. The second-order valence-electron chi connectivity index (χ2n) is 6.45. The van der Waals surface area contributed by atoms with Gasteiger partial charge >= 0.3 is 0 Å². The van der Waals surface area contributed by atoms with E-state index < -0.39 is 0 Å². The zero-order valence-electron chi connectivity index (χ0n) is 15.0. The molecule has 1 fully saturated rings. The molecular weight excluding hydrogens is 360 g/mol. The Hall–Kier alpha value is -2.35. The molecule has 2 amide bonds. The molecule has 0 aromatic heterocycles. The number of carbonyl (C=O) groups is 2. The second kappa shape index (κ2) is 9.55. The van der Waals surface area contributed by atoms with Gasteiger partial charge in [-0.05, 0) is 36.2 Å². The van der Waals surface area contributed by atoms with Gasteiger partial charge in [0.05, 0.1) is 12.6 Å². The van der Waals surface area contributed by atoms with Crippen molar-refractivity contribution in [2.75, 3.05) is 18.4 Å². The van der Waals surface area contributed by atoms with Crippen LogP contribution in [0.15, 0.2) is 59.5 Å². The van der Waals surface area contributed by atoms with Crippen molar-refractivity contribution in [1.82, 2.24) is 10.6 Å². The molecule has 142 valence electrons. The summed E-state index contributed by atoms with van der Waals surface area (Å²) >= 11 is 1.76. The number of nitrogens with one attached hydrogen (secondary N) is 3. The Morgan fingerprint density at radius 2 is 1.85 bits per heavy atom. The maximum absolute atomic E-state index is 12.4. The number of anilines is 1. The summed E-state index contributed by atoms with van der Waals surface area (Å²) < 4.78 is 0. The van der Waals surface area contributed by atoms with Crippen molar-refractivity contribution in [3.8, 4) is 0 Å². The summed E-state index contributed by atoms with van der Waals surface area (Å²) in [7, 11) is 0. The molecule has 0 radical (unpaired) electrons. The van der Waals surface area contributed by atoms with Crippen LogP contribution in [0.5, 0.6) is 0 Å². The molecular formula is C20H24N4O2S. The van der Waals surface area contributed by atoms with E-state index in [2.05, 4.69) is 28.1 Å². The summed E-state index contributed by atoms with van der Waals surface area (Å²) in [5.74, 6) is 0.615. The molecule has 2 aromatic carbocycles. The summed E-state index contributed by atoms with van der Waals surface area (Å²) in [5, 5.41) is 8.86. The van der Waals surface area contributed by atoms with Crippen LogP contribution in [0.4, 0.5) is 5.69 Å². The van der Waals surface area contributed by atoms with Crippen molar-refractivity contribution in [2.24, 2.45) is 5.73 Å². The lowest BCUT2D eigenvalue weighted by molar-refractivity contribution is -0.121. The zero-order chi connectivity index (χ0) is 19.1. The number of thioether (sulfide) groups is 1. The normalized spacial score (nSPS) is 18.9. The fourth-order valence-electron chi connectivity index (χ4n) is 2.94. The summed E-state index contributed by atoms with van der Waals surface area (Å²) in [5.41, 5.74) is 7.35. The van der Waals surface area contributed by atoms with E-state index in [4.69, 9.17) is 5.73 Å². The van der Waals surface area contributed by atoms with Crippen molar-refractivity contribution in [3.63, 3.8) is 0 Å². The molecule has 7 heteroatoms. The third kappa shape index (κ3) is 5.82. The van der Waals surface area contributed by atoms with E-state index in [0.29, 0.717) is 13.0 Å². The maximum atomic E-state index is 12.4.